The minimum absolute atomic E-state index is 0.00106. The molecule has 0 radical (unpaired) electrons. The number of carbonyl (C=O) groups is 1. The minimum atomic E-state index is -0.301. The fourth-order valence-corrected chi connectivity index (χ4v) is 2.55. The molecule has 108 valence electrons. The summed E-state index contributed by atoms with van der Waals surface area (Å²) in [6.45, 7) is 2.39. The highest BCUT2D eigenvalue weighted by molar-refractivity contribution is 5.96. The molecule has 2 nitrogen and oxygen atoms in total. The van der Waals surface area contributed by atoms with Crippen LogP contribution < -0.4 is 0 Å². The van der Waals surface area contributed by atoms with Crippen LogP contribution >= 0.6 is 0 Å². The van der Waals surface area contributed by atoms with Gasteiger partial charge in [0.2, 0.25) is 0 Å². The monoisotopic (exact) mass is 283 g/mol. The van der Waals surface area contributed by atoms with Crippen LogP contribution in [0, 0.1) is 12.7 Å². The summed E-state index contributed by atoms with van der Waals surface area (Å²) in [6.07, 6.45) is 2.11. The number of nitrogens with zero attached hydrogens (tertiary/aromatic N) is 1. The van der Waals surface area contributed by atoms with Gasteiger partial charge in [0.05, 0.1) is 0 Å². The highest BCUT2D eigenvalue weighted by Gasteiger charge is 2.33. The van der Waals surface area contributed by atoms with Crippen molar-refractivity contribution in [1.29, 1.82) is 0 Å². The molecule has 0 aliphatic heterocycles. The quantitative estimate of drug-likeness (QED) is 0.832. The third kappa shape index (κ3) is 3.13. The van der Waals surface area contributed by atoms with Gasteiger partial charge in [-0.2, -0.15) is 0 Å². The van der Waals surface area contributed by atoms with E-state index in [-0.39, 0.29) is 11.7 Å². The van der Waals surface area contributed by atoms with Crippen molar-refractivity contribution in [1.82, 2.24) is 4.90 Å². The number of halogens is 1. The van der Waals surface area contributed by atoms with Gasteiger partial charge in [0.25, 0.3) is 5.91 Å². The third-order valence-electron chi connectivity index (χ3n) is 3.86. The Bertz CT molecular complexity index is 650. The van der Waals surface area contributed by atoms with Crippen molar-refractivity contribution < 1.29 is 9.18 Å². The van der Waals surface area contributed by atoms with E-state index in [2.05, 4.69) is 0 Å². The molecule has 2 aromatic rings. The molecule has 3 rings (SSSR count). The second kappa shape index (κ2) is 5.68. The molecule has 0 spiro atoms. The number of aryl methyl sites for hydroxylation is 1. The summed E-state index contributed by atoms with van der Waals surface area (Å²) in [4.78, 5) is 14.7. The van der Waals surface area contributed by atoms with E-state index in [9.17, 15) is 9.18 Å². The van der Waals surface area contributed by atoms with E-state index in [4.69, 9.17) is 0 Å². The second-order valence-corrected chi connectivity index (χ2v) is 5.61. The van der Waals surface area contributed by atoms with E-state index in [1.54, 1.807) is 13.0 Å². The molecule has 3 heteroatoms. The van der Waals surface area contributed by atoms with Crippen LogP contribution in [0.25, 0.3) is 0 Å². The summed E-state index contributed by atoms with van der Waals surface area (Å²) in [5, 5.41) is 0. The molecule has 1 saturated carbocycles. The maximum absolute atomic E-state index is 13.2. The molecule has 0 bridgehead atoms. The van der Waals surface area contributed by atoms with Crippen LogP contribution in [0.5, 0.6) is 0 Å². The zero-order chi connectivity index (χ0) is 14.8. The van der Waals surface area contributed by atoms with E-state index in [0.717, 1.165) is 18.4 Å². The first-order valence-corrected chi connectivity index (χ1v) is 7.26. The molecule has 0 aromatic heterocycles. The van der Waals surface area contributed by atoms with E-state index < -0.39 is 0 Å². The lowest BCUT2D eigenvalue weighted by Crippen LogP contribution is -2.33. The number of benzene rings is 2. The topological polar surface area (TPSA) is 20.3 Å². The number of hydrogen-bond acceptors (Lipinski definition) is 1. The Kier molecular flexibility index (Phi) is 3.74. The maximum atomic E-state index is 13.2. The van der Waals surface area contributed by atoms with E-state index in [1.807, 2.05) is 35.2 Å². The molecule has 1 fully saturated rings. The Morgan fingerprint density at radius 1 is 1.19 bits per heavy atom. The summed E-state index contributed by atoms with van der Waals surface area (Å²) in [6, 6.07) is 14.7. The molecule has 1 aliphatic rings. The molecule has 0 N–H and O–H groups in total. The molecular formula is C18H18FNO. The average Bonchev–Trinajstić information content (AvgIpc) is 3.30. The highest BCUT2D eigenvalue weighted by Crippen LogP contribution is 2.30. The van der Waals surface area contributed by atoms with Gasteiger partial charge in [-0.25, -0.2) is 4.39 Å². The van der Waals surface area contributed by atoms with Crippen molar-refractivity contribution in [2.24, 2.45) is 0 Å². The van der Waals surface area contributed by atoms with Crippen molar-refractivity contribution in [2.75, 3.05) is 0 Å². The summed E-state index contributed by atoms with van der Waals surface area (Å²) in [5.74, 6) is -0.302. The molecule has 2 aromatic carbocycles. The van der Waals surface area contributed by atoms with Gasteiger partial charge < -0.3 is 4.90 Å². The average molecular weight is 283 g/mol. The molecule has 1 amide bonds. The van der Waals surface area contributed by atoms with Crippen molar-refractivity contribution in [2.45, 2.75) is 32.4 Å². The standard InChI is InChI=1S/C18H18FNO/c1-13-11-15(19)7-10-17(13)18(21)20(16-8-9-16)12-14-5-3-2-4-6-14/h2-7,10-11,16H,8-9,12H2,1H3. The number of rotatable bonds is 4. The molecule has 0 atom stereocenters. The highest BCUT2D eigenvalue weighted by atomic mass is 19.1. The minimum Gasteiger partial charge on any atom is -0.331 e. The third-order valence-corrected chi connectivity index (χ3v) is 3.86. The summed E-state index contributed by atoms with van der Waals surface area (Å²) >= 11 is 0. The SMILES string of the molecule is Cc1cc(F)ccc1C(=O)N(Cc1ccccc1)C1CC1. The lowest BCUT2D eigenvalue weighted by molar-refractivity contribution is 0.0729. The van der Waals surface area contributed by atoms with Crippen LogP contribution in [0.2, 0.25) is 0 Å². The zero-order valence-corrected chi connectivity index (χ0v) is 12.1. The molecule has 21 heavy (non-hydrogen) atoms. The molecule has 0 heterocycles. The van der Waals surface area contributed by atoms with Gasteiger partial charge in [-0.05, 0) is 49.1 Å². The Labute approximate surface area is 124 Å². The molecule has 0 unspecified atom stereocenters. The van der Waals surface area contributed by atoms with Gasteiger partial charge in [0.15, 0.2) is 0 Å². The van der Waals surface area contributed by atoms with Crippen molar-refractivity contribution in [3.63, 3.8) is 0 Å². The van der Waals surface area contributed by atoms with Gasteiger partial charge in [-0.1, -0.05) is 30.3 Å². The Morgan fingerprint density at radius 3 is 2.52 bits per heavy atom. The smallest absolute Gasteiger partial charge is 0.254 e. The van der Waals surface area contributed by atoms with E-state index >= 15 is 0 Å². The first-order chi connectivity index (χ1) is 10.1. The van der Waals surface area contributed by atoms with Crippen LogP contribution in [-0.4, -0.2) is 16.8 Å². The normalized spacial score (nSPS) is 14.0. The first-order valence-electron chi connectivity index (χ1n) is 7.26. The predicted molar refractivity (Wildman–Crippen MR) is 80.5 cm³/mol. The van der Waals surface area contributed by atoms with Crippen LogP contribution in [0.3, 0.4) is 0 Å². The first kappa shape index (κ1) is 13.8. The lowest BCUT2D eigenvalue weighted by Gasteiger charge is -2.23. The van der Waals surface area contributed by atoms with Crippen molar-refractivity contribution in [3.05, 3.63) is 71.0 Å². The molecule has 0 saturated heterocycles. The number of hydrogen-bond donors (Lipinski definition) is 0. The zero-order valence-electron chi connectivity index (χ0n) is 12.1. The van der Waals surface area contributed by atoms with Crippen LogP contribution in [-0.2, 0) is 6.54 Å². The second-order valence-electron chi connectivity index (χ2n) is 5.61. The largest absolute Gasteiger partial charge is 0.331 e. The number of carbonyl (C=O) groups excluding carboxylic acids is 1. The summed E-state index contributed by atoms with van der Waals surface area (Å²) < 4.78 is 13.2. The van der Waals surface area contributed by atoms with Gasteiger partial charge in [-0.3, -0.25) is 4.79 Å². The summed E-state index contributed by atoms with van der Waals surface area (Å²) in [7, 11) is 0. The van der Waals surface area contributed by atoms with Gasteiger partial charge >= 0.3 is 0 Å². The summed E-state index contributed by atoms with van der Waals surface area (Å²) in [5.41, 5.74) is 2.41. The Morgan fingerprint density at radius 2 is 1.90 bits per heavy atom. The lowest BCUT2D eigenvalue weighted by atomic mass is 10.1. The fraction of sp³-hybridized carbons (Fsp3) is 0.278. The van der Waals surface area contributed by atoms with Crippen molar-refractivity contribution >= 4 is 5.91 Å². The van der Waals surface area contributed by atoms with Crippen LogP contribution in [0.1, 0.15) is 34.3 Å². The van der Waals surface area contributed by atoms with Crippen LogP contribution in [0.15, 0.2) is 48.5 Å². The molecule has 1 aliphatic carbocycles. The predicted octanol–water partition coefficient (Wildman–Crippen LogP) is 3.94. The van der Waals surface area contributed by atoms with Crippen LogP contribution in [0.4, 0.5) is 4.39 Å². The number of amides is 1. The fourth-order valence-electron chi connectivity index (χ4n) is 2.55. The van der Waals surface area contributed by atoms with Crippen molar-refractivity contribution in [3.8, 4) is 0 Å². The maximum Gasteiger partial charge on any atom is 0.254 e. The van der Waals surface area contributed by atoms with E-state index in [1.165, 1.54) is 12.1 Å². The Balaban J connectivity index is 1.85. The van der Waals surface area contributed by atoms with E-state index in [0.29, 0.717) is 23.7 Å². The van der Waals surface area contributed by atoms with Gasteiger partial charge in [-0.15, -0.1) is 0 Å². The molecular weight excluding hydrogens is 265 g/mol. The Hall–Kier alpha value is -2.16. The van der Waals surface area contributed by atoms with Gasteiger partial charge in [0, 0.05) is 18.2 Å². The van der Waals surface area contributed by atoms with Gasteiger partial charge in [0.1, 0.15) is 5.82 Å².